The van der Waals surface area contributed by atoms with Crippen LogP contribution < -0.4 is 9.47 Å². The highest BCUT2D eigenvalue weighted by molar-refractivity contribution is 8.04. The molecule has 0 N–H and O–H groups in total. The van der Waals surface area contributed by atoms with Crippen LogP contribution >= 0.6 is 23.4 Å². The maximum absolute atomic E-state index is 12.1. The van der Waals surface area contributed by atoms with Gasteiger partial charge in [-0.25, -0.2) is 4.79 Å². The minimum Gasteiger partial charge on any atom is -0.463 e. The van der Waals surface area contributed by atoms with Gasteiger partial charge in [-0.15, -0.1) is 0 Å². The van der Waals surface area contributed by atoms with Gasteiger partial charge in [-0.3, -0.25) is 4.79 Å². The lowest BCUT2D eigenvalue weighted by Crippen LogP contribution is -2.24. The molecule has 2 aliphatic heterocycles. The van der Waals surface area contributed by atoms with Gasteiger partial charge in [0.2, 0.25) is 12.7 Å². The van der Waals surface area contributed by atoms with Gasteiger partial charge in [0.1, 0.15) is 0 Å². The zero-order chi connectivity index (χ0) is 16.4. The SMILES string of the molecule is CCOC(=O)/C=C1\SCC(=O)N1Cc1cc(Cl)c2c(c1)OCO2. The standard InChI is InChI=1S/C15H14ClNO5S/c1-2-20-14(19)5-13-17(12(18)7-23-13)6-9-3-10(16)15-11(4-9)21-8-22-15/h3-5H,2,6-8H2,1H3/b13-5-. The van der Waals surface area contributed by atoms with E-state index in [1.165, 1.54) is 22.7 Å². The molecule has 8 heteroatoms. The smallest absolute Gasteiger partial charge is 0.333 e. The van der Waals surface area contributed by atoms with Gasteiger partial charge in [-0.05, 0) is 24.6 Å². The van der Waals surface area contributed by atoms with Crippen LogP contribution in [0, 0.1) is 0 Å². The minimum atomic E-state index is -0.460. The fraction of sp³-hybridized carbons (Fsp3) is 0.333. The number of esters is 1. The van der Waals surface area contributed by atoms with Crippen molar-refractivity contribution < 1.29 is 23.8 Å². The third kappa shape index (κ3) is 3.40. The fourth-order valence-corrected chi connectivity index (χ4v) is 3.50. The van der Waals surface area contributed by atoms with Crippen LogP contribution in [0.25, 0.3) is 0 Å². The van der Waals surface area contributed by atoms with Gasteiger partial charge in [0.05, 0.1) is 35.0 Å². The Kier molecular flexibility index (Phi) is 4.68. The monoisotopic (exact) mass is 355 g/mol. The first-order valence-corrected chi connectivity index (χ1v) is 8.34. The van der Waals surface area contributed by atoms with Crippen LogP contribution in [-0.2, 0) is 20.9 Å². The van der Waals surface area contributed by atoms with E-state index in [9.17, 15) is 9.59 Å². The van der Waals surface area contributed by atoms with Gasteiger partial charge in [-0.1, -0.05) is 23.4 Å². The van der Waals surface area contributed by atoms with Crippen molar-refractivity contribution >= 4 is 35.2 Å². The molecule has 1 fully saturated rings. The predicted octanol–water partition coefficient (Wildman–Crippen LogP) is 2.55. The molecular formula is C15H14ClNO5S. The zero-order valence-corrected chi connectivity index (χ0v) is 13.9. The van der Waals surface area contributed by atoms with Crippen molar-refractivity contribution in [1.82, 2.24) is 4.90 Å². The molecule has 0 atom stereocenters. The molecule has 23 heavy (non-hydrogen) atoms. The van der Waals surface area contributed by atoms with Gasteiger partial charge in [0.15, 0.2) is 11.5 Å². The number of hydrogen-bond acceptors (Lipinski definition) is 6. The number of carbonyl (C=O) groups is 2. The Bertz CT molecular complexity index is 691. The largest absolute Gasteiger partial charge is 0.463 e. The van der Waals surface area contributed by atoms with E-state index in [1.54, 1.807) is 19.1 Å². The van der Waals surface area contributed by atoms with E-state index in [0.29, 0.717) is 40.5 Å². The average Bonchev–Trinajstić information content (AvgIpc) is 3.09. The molecule has 0 aromatic heterocycles. The van der Waals surface area contributed by atoms with Crippen LogP contribution in [-0.4, -0.2) is 35.9 Å². The van der Waals surface area contributed by atoms with Crippen molar-refractivity contribution in [2.24, 2.45) is 0 Å². The minimum absolute atomic E-state index is 0.0701. The summed E-state index contributed by atoms with van der Waals surface area (Å²) in [6.45, 7) is 2.45. The summed E-state index contributed by atoms with van der Waals surface area (Å²) in [5.74, 6) is 0.837. The van der Waals surface area contributed by atoms with Gasteiger partial charge in [0, 0.05) is 0 Å². The quantitative estimate of drug-likeness (QED) is 0.611. The van der Waals surface area contributed by atoms with Crippen LogP contribution in [0.4, 0.5) is 0 Å². The van der Waals surface area contributed by atoms with Crippen molar-refractivity contribution in [2.45, 2.75) is 13.5 Å². The van der Waals surface area contributed by atoms with Gasteiger partial charge in [-0.2, -0.15) is 0 Å². The Morgan fingerprint density at radius 1 is 1.48 bits per heavy atom. The predicted molar refractivity (Wildman–Crippen MR) is 85.3 cm³/mol. The number of halogens is 1. The topological polar surface area (TPSA) is 65.1 Å². The number of hydrogen-bond donors (Lipinski definition) is 0. The Balaban J connectivity index is 1.81. The molecule has 1 amide bonds. The number of benzene rings is 1. The lowest BCUT2D eigenvalue weighted by molar-refractivity contribution is -0.137. The molecule has 6 nitrogen and oxygen atoms in total. The molecule has 1 saturated heterocycles. The van der Waals surface area contributed by atoms with Crippen molar-refractivity contribution in [3.8, 4) is 11.5 Å². The van der Waals surface area contributed by atoms with Gasteiger partial charge in [0.25, 0.3) is 0 Å². The molecule has 3 rings (SSSR count). The first-order chi connectivity index (χ1) is 11.1. The third-order valence-corrected chi connectivity index (χ3v) is 4.57. The van der Waals surface area contributed by atoms with E-state index in [1.807, 2.05) is 0 Å². The second-order valence-corrected chi connectivity index (χ2v) is 6.22. The molecule has 0 unspecified atom stereocenters. The summed E-state index contributed by atoms with van der Waals surface area (Å²) >= 11 is 7.47. The molecule has 1 aromatic rings. The first kappa shape index (κ1) is 16.0. The Morgan fingerprint density at radius 3 is 3.09 bits per heavy atom. The molecule has 0 bridgehead atoms. The lowest BCUT2D eigenvalue weighted by Gasteiger charge is -2.17. The third-order valence-electron chi connectivity index (χ3n) is 3.27. The van der Waals surface area contributed by atoms with Crippen molar-refractivity contribution in [3.63, 3.8) is 0 Å². The highest BCUT2D eigenvalue weighted by Crippen LogP contribution is 2.40. The molecule has 0 spiro atoms. The first-order valence-electron chi connectivity index (χ1n) is 6.98. The molecule has 2 heterocycles. The number of amides is 1. The van der Waals surface area contributed by atoms with E-state index < -0.39 is 5.97 Å². The second kappa shape index (κ2) is 6.72. The van der Waals surface area contributed by atoms with Crippen molar-refractivity contribution in [1.29, 1.82) is 0 Å². The average molecular weight is 356 g/mol. The number of fused-ring (bicyclic) bond motifs is 1. The number of ether oxygens (including phenoxy) is 3. The van der Waals surface area contributed by atoms with Gasteiger partial charge >= 0.3 is 5.97 Å². The van der Waals surface area contributed by atoms with Crippen LogP contribution in [0.1, 0.15) is 12.5 Å². The van der Waals surface area contributed by atoms with Crippen molar-refractivity contribution in [3.05, 3.63) is 33.8 Å². The highest BCUT2D eigenvalue weighted by Gasteiger charge is 2.28. The summed E-state index contributed by atoms with van der Waals surface area (Å²) in [6, 6.07) is 3.51. The van der Waals surface area contributed by atoms with Crippen LogP contribution in [0.15, 0.2) is 23.2 Å². The number of thioether (sulfide) groups is 1. The van der Waals surface area contributed by atoms with Crippen LogP contribution in [0.3, 0.4) is 0 Å². The summed E-state index contributed by atoms with van der Waals surface area (Å²) in [5.41, 5.74) is 0.796. The van der Waals surface area contributed by atoms with Crippen LogP contribution in [0.5, 0.6) is 11.5 Å². The zero-order valence-electron chi connectivity index (χ0n) is 12.3. The summed E-state index contributed by atoms with van der Waals surface area (Å²) in [7, 11) is 0. The fourth-order valence-electron chi connectivity index (χ4n) is 2.28. The van der Waals surface area contributed by atoms with E-state index in [-0.39, 0.29) is 12.7 Å². The number of carbonyl (C=O) groups excluding carboxylic acids is 2. The van der Waals surface area contributed by atoms with E-state index in [2.05, 4.69) is 0 Å². The Labute approximate surface area is 142 Å². The maximum Gasteiger partial charge on any atom is 0.333 e. The molecule has 1 aromatic carbocycles. The number of rotatable bonds is 4. The summed E-state index contributed by atoms with van der Waals surface area (Å²) in [5, 5.41) is 1.01. The lowest BCUT2D eigenvalue weighted by atomic mass is 10.2. The Hall–Kier alpha value is -1.86. The summed E-state index contributed by atoms with van der Waals surface area (Å²) in [4.78, 5) is 25.2. The van der Waals surface area contributed by atoms with E-state index in [4.69, 9.17) is 25.8 Å². The van der Waals surface area contributed by atoms with Crippen LogP contribution in [0.2, 0.25) is 5.02 Å². The molecule has 2 aliphatic rings. The molecule has 0 radical (unpaired) electrons. The highest BCUT2D eigenvalue weighted by atomic mass is 35.5. The summed E-state index contributed by atoms with van der Waals surface area (Å²) < 4.78 is 15.5. The second-order valence-electron chi connectivity index (χ2n) is 4.81. The van der Waals surface area contributed by atoms with E-state index in [0.717, 1.165) is 5.56 Å². The molecule has 122 valence electrons. The normalized spacial score (nSPS) is 17.9. The molecule has 0 aliphatic carbocycles. The summed E-state index contributed by atoms with van der Waals surface area (Å²) in [6.07, 6.45) is 1.34. The maximum atomic E-state index is 12.1. The Morgan fingerprint density at radius 2 is 2.30 bits per heavy atom. The van der Waals surface area contributed by atoms with Gasteiger partial charge < -0.3 is 19.1 Å². The number of nitrogens with zero attached hydrogens (tertiary/aromatic N) is 1. The molecular weight excluding hydrogens is 342 g/mol. The van der Waals surface area contributed by atoms with E-state index >= 15 is 0 Å². The van der Waals surface area contributed by atoms with Crippen molar-refractivity contribution in [2.75, 3.05) is 19.2 Å². The molecule has 0 saturated carbocycles.